The van der Waals surface area contributed by atoms with E-state index in [1.165, 1.54) is 11.9 Å². The van der Waals surface area contributed by atoms with Crippen LogP contribution in [0, 0.1) is 0 Å². The zero-order valence-electron chi connectivity index (χ0n) is 16.6. The van der Waals surface area contributed by atoms with E-state index in [1.807, 2.05) is 35.2 Å². The van der Waals surface area contributed by atoms with Crippen LogP contribution in [0.2, 0.25) is 0 Å². The number of ether oxygens (including phenoxy) is 1. The van der Waals surface area contributed by atoms with Crippen molar-refractivity contribution in [2.24, 2.45) is 5.10 Å². The highest BCUT2D eigenvalue weighted by molar-refractivity contribution is 6.04. The number of carbonyl (C=O) groups is 3. The van der Waals surface area contributed by atoms with Crippen LogP contribution in [0.4, 0.5) is 4.79 Å². The van der Waals surface area contributed by atoms with Gasteiger partial charge in [-0.3, -0.25) is 24.8 Å². The Morgan fingerprint density at radius 2 is 1.97 bits per heavy atom. The number of hydrazone groups is 1. The van der Waals surface area contributed by atoms with Gasteiger partial charge in [0.2, 0.25) is 0 Å². The maximum Gasteiger partial charge on any atom is 0.327 e. The summed E-state index contributed by atoms with van der Waals surface area (Å²) in [5.41, 5.74) is 1.65. The van der Waals surface area contributed by atoms with Gasteiger partial charge in [-0.05, 0) is 12.5 Å². The largest absolute Gasteiger partial charge is 0.465 e. The molecule has 3 atom stereocenters. The first kappa shape index (κ1) is 19.3. The van der Waals surface area contributed by atoms with E-state index in [4.69, 9.17) is 4.74 Å². The molecule has 2 saturated heterocycles. The summed E-state index contributed by atoms with van der Waals surface area (Å²) >= 11 is 0. The number of nitrogens with one attached hydrogen (secondary N) is 1. The number of fused-ring (bicyclic) bond motifs is 3. The predicted molar refractivity (Wildman–Crippen MR) is 103 cm³/mol. The van der Waals surface area contributed by atoms with Crippen molar-refractivity contribution in [2.45, 2.75) is 25.4 Å². The number of urea groups is 1. The summed E-state index contributed by atoms with van der Waals surface area (Å²) in [7, 11) is 3.14. The van der Waals surface area contributed by atoms with Gasteiger partial charge >= 0.3 is 12.0 Å². The Kier molecular flexibility index (Phi) is 4.97. The monoisotopic (exact) mass is 400 g/mol. The second-order valence-corrected chi connectivity index (χ2v) is 7.21. The fourth-order valence-electron chi connectivity index (χ4n) is 4.02. The lowest BCUT2D eigenvalue weighted by molar-refractivity contribution is -0.146. The zero-order chi connectivity index (χ0) is 20.7. The third kappa shape index (κ3) is 3.23. The summed E-state index contributed by atoms with van der Waals surface area (Å²) in [6.45, 7) is 2.36. The van der Waals surface area contributed by atoms with Gasteiger partial charge in [0.25, 0.3) is 5.91 Å². The van der Waals surface area contributed by atoms with Crippen molar-refractivity contribution in [3.8, 4) is 0 Å². The van der Waals surface area contributed by atoms with E-state index in [0.29, 0.717) is 6.54 Å². The fourth-order valence-corrected chi connectivity index (χ4v) is 4.02. The molecule has 3 aliphatic rings. The molecule has 154 valence electrons. The minimum Gasteiger partial charge on any atom is -0.465 e. The molecule has 10 nitrogen and oxygen atoms in total. The van der Waals surface area contributed by atoms with Crippen LogP contribution in [-0.2, 0) is 14.3 Å². The Balaban J connectivity index is 1.70. The minimum absolute atomic E-state index is 0.0700. The number of hydrogen-bond donors (Lipinski definition) is 1. The first-order valence-corrected chi connectivity index (χ1v) is 9.53. The highest BCUT2D eigenvalue weighted by Crippen LogP contribution is 2.30. The fraction of sp³-hybridized carbons (Fsp3) is 0.474. The van der Waals surface area contributed by atoms with Crippen LogP contribution < -0.4 is 5.32 Å². The SMILES string of the molecule is CCOC(=O)CN1N=C(c2ccccc2)CN2C3C(=O)N(C)C(=O)N(C)C3NC12. The molecule has 10 heteroatoms. The van der Waals surface area contributed by atoms with Gasteiger partial charge in [0, 0.05) is 20.6 Å². The molecule has 3 heterocycles. The number of carbonyl (C=O) groups excluding carboxylic acids is 3. The molecule has 0 radical (unpaired) electrons. The molecule has 29 heavy (non-hydrogen) atoms. The van der Waals surface area contributed by atoms with E-state index >= 15 is 0 Å². The third-order valence-electron chi connectivity index (χ3n) is 5.45. The number of amides is 3. The highest BCUT2D eigenvalue weighted by atomic mass is 16.5. The van der Waals surface area contributed by atoms with E-state index in [2.05, 4.69) is 10.4 Å². The molecule has 4 rings (SSSR count). The van der Waals surface area contributed by atoms with Crippen LogP contribution in [0.5, 0.6) is 0 Å². The van der Waals surface area contributed by atoms with Gasteiger partial charge in [-0.25, -0.2) is 9.69 Å². The second-order valence-electron chi connectivity index (χ2n) is 7.21. The van der Waals surface area contributed by atoms with E-state index in [9.17, 15) is 14.4 Å². The van der Waals surface area contributed by atoms with Crippen molar-refractivity contribution in [3.05, 3.63) is 35.9 Å². The van der Waals surface area contributed by atoms with Gasteiger partial charge in [0.1, 0.15) is 18.8 Å². The molecule has 3 aliphatic heterocycles. The average molecular weight is 400 g/mol. The number of imide groups is 1. The summed E-state index contributed by atoms with van der Waals surface area (Å²) in [4.78, 5) is 42.1. The maximum absolute atomic E-state index is 12.9. The van der Waals surface area contributed by atoms with Crippen LogP contribution in [0.3, 0.4) is 0 Å². The first-order chi connectivity index (χ1) is 13.9. The number of nitrogens with zero attached hydrogens (tertiary/aromatic N) is 5. The van der Waals surface area contributed by atoms with Gasteiger partial charge < -0.3 is 9.64 Å². The van der Waals surface area contributed by atoms with Crippen LogP contribution >= 0.6 is 0 Å². The summed E-state index contributed by atoms with van der Waals surface area (Å²) in [6, 6.07) is 8.67. The topological polar surface area (TPSA) is 97.8 Å². The van der Waals surface area contributed by atoms with Gasteiger partial charge in [-0.2, -0.15) is 5.10 Å². The number of esters is 1. The Hall–Kier alpha value is -2.98. The molecule has 1 N–H and O–H groups in total. The predicted octanol–water partition coefficient (Wildman–Crippen LogP) is -0.323. The smallest absolute Gasteiger partial charge is 0.327 e. The van der Waals surface area contributed by atoms with E-state index < -0.39 is 24.5 Å². The van der Waals surface area contributed by atoms with Crippen molar-refractivity contribution in [1.29, 1.82) is 0 Å². The number of rotatable bonds is 4. The lowest BCUT2D eigenvalue weighted by atomic mass is 10.1. The van der Waals surface area contributed by atoms with E-state index in [1.54, 1.807) is 19.0 Å². The van der Waals surface area contributed by atoms with Gasteiger partial charge in [0.05, 0.1) is 12.3 Å². The molecule has 3 amide bonds. The lowest BCUT2D eigenvalue weighted by Gasteiger charge is -2.41. The number of hydrogen-bond acceptors (Lipinski definition) is 8. The summed E-state index contributed by atoms with van der Waals surface area (Å²) < 4.78 is 5.09. The molecule has 0 aliphatic carbocycles. The number of benzene rings is 1. The van der Waals surface area contributed by atoms with E-state index in [-0.39, 0.29) is 25.1 Å². The van der Waals surface area contributed by atoms with Gasteiger partial charge in [-0.1, -0.05) is 30.3 Å². The molecule has 0 aromatic heterocycles. The summed E-state index contributed by atoms with van der Waals surface area (Å²) in [6.07, 6.45) is -1.02. The minimum atomic E-state index is -0.577. The summed E-state index contributed by atoms with van der Waals surface area (Å²) in [5.74, 6) is -0.687. The van der Waals surface area contributed by atoms with Gasteiger partial charge in [-0.15, -0.1) is 0 Å². The van der Waals surface area contributed by atoms with Crippen LogP contribution in [-0.4, -0.2) is 95.6 Å². The molecule has 1 aromatic carbocycles. The Labute approximate surface area is 168 Å². The van der Waals surface area contributed by atoms with E-state index in [0.717, 1.165) is 16.2 Å². The van der Waals surface area contributed by atoms with Crippen molar-refractivity contribution < 1.29 is 19.1 Å². The normalized spacial score (nSPS) is 26.9. The van der Waals surface area contributed by atoms with Crippen molar-refractivity contribution in [2.75, 3.05) is 33.8 Å². The quantitative estimate of drug-likeness (QED) is 0.692. The highest BCUT2D eigenvalue weighted by Gasteiger charge is 2.56. The Morgan fingerprint density at radius 3 is 2.66 bits per heavy atom. The maximum atomic E-state index is 12.9. The Morgan fingerprint density at radius 1 is 1.24 bits per heavy atom. The first-order valence-electron chi connectivity index (χ1n) is 9.53. The summed E-state index contributed by atoms with van der Waals surface area (Å²) in [5, 5.41) is 9.56. The van der Waals surface area contributed by atoms with Gasteiger partial charge in [0.15, 0.2) is 6.29 Å². The van der Waals surface area contributed by atoms with Crippen LogP contribution in [0.25, 0.3) is 0 Å². The second kappa shape index (κ2) is 7.45. The van der Waals surface area contributed by atoms with Crippen LogP contribution in [0.15, 0.2) is 35.4 Å². The molecule has 0 saturated carbocycles. The molecule has 3 unspecified atom stereocenters. The zero-order valence-corrected chi connectivity index (χ0v) is 16.6. The molecule has 0 spiro atoms. The number of likely N-dealkylation sites (N-methyl/N-ethyl adjacent to an activating group) is 2. The third-order valence-corrected chi connectivity index (χ3v) is 5.45. The standard InChI is InChI=1S/C19H24N6O4/c1-4-29-14(26)11-25-18-20-16-15(17(27)23(3)19(28)22(16)2)24(18)10-13(21-25)12-8-6-5-7-9-12/h5-9,15-16,18,20H,4,10-11H2,1-3H3. The average Bonchev–Trinajstić information content (AvgIpc) is 3.11. The molecule has 2 fully saturated rings. The van der Waals surface area contributed by atoms with Crippen molar-refractivity contribution in [3.63, 3.8) is 0 Å². The lowest BCUT2D eigenvalue weighted by Crippen LogP contribution is -2.65. The van der Waals surface area contributed by atoms with Crippen LogP contribution in [0.1, 0.15) is 12.5 Å². The molecular formula is C19H24N6O4. The molecule has 0 bridgehead atoms. The Bertz CT molecular complexity index is 860. The van der Waals surface area contributed by atoms with Crippen molar-refractivity contribution >= 4 is 23.6 Å². The molecule has 1 aromatic rings. The van der Waals surface area contributed by atoms with Crippen molar-refractivity contribution in [1.82, 2.24) is 25.0 Å². The molecular weight excluding hydrogens is 376 g/mol.